The molecule has 8 heteroatoms. The zero-order chi connectivity index (χ0) is 21.1. The van der Waals surface area contributed by atoms with E-state index in [2.05, 4.69) is 33.1 Å². The van der Waals surface area contributed by atoms with Crippen molar-refractivity contribution >= 4 is 23.7 Å². The summed E-state index contributed by atoms with van der Waals surface area (Å²) in [4.78, 5) is 42.9. The first kappa shape index (κ1) is 20.1. The Labute approximate surface area is 175 Å². The van der Waals surface area contributed by atoms with Crippen molar-refractivity contribution in [2.45, 2.75) is 6.42 Å². The number of hydrogen-bond donors (Lipinski definition) is 3. The fourth-order valence-corrected chi connectivity index (χ4v) is 4.74. The monoisotopic (exact) mass is 409 g/mol. The molecule has 4 unspecified atom stereocenters. The molecule has 1 saturated heterocycles. The van der Waals surface area contributed by atoms with Gasteiger partial charge in [0, 0.05) is 38.8 Å². The van der Waals surface area contributed by atoms with E-state index < -0.39 is 0 Å². The van der Waals surface area contributed by atoms with Crippen molar-refractivity contribution in [3.8, 4) is 0 Å². The molecule has 158 valence electrons. The van der Waals surface area contributed by atoms with Gasteiger partial charge in [0.2, 0.25) is 11.8 Å². The van der Waals surface area contributed by atoms with Gasteiger partial charge in [-0.25, -0.2) is 0 Å². The highest BCUT2D eigenvalue weighted by molar-refractivity contribution is 6.06. The van der Waals surface area contributed by atoms with Crippen LogP contribution in [0, 0.1) is 23.7 Å². The Balaban J connectivity index is 1.17. The van der Waals surface area contributed by atoms with Gasteiger partial charge in [0.05, 0.1) is 11.8 Å². The van der Waals surface area contributed by atoms with Gasteiger partial charge in [-0.2, -0.15) is 0 Å². The molecule has 1 aromatic carbocycles. The van der Waals surface area contributed by atoms with Gasteiger partial charge >= 0.3 is 0 Å². The van der Waals surface area contributed by atoms with Gasteiger partial charge in [0.15, 0.2) is 5.96 Å². The Kier molecular flexibility index (Phi) is 5.83. The molecule has 3 aliphatic rings. The predicted octanol–water partition coefficient (Wildman–Crippen LogP) is 0.389. The van der Waals surface area contributed by atoms with Gasteiger partial charge in [-0.15, -0.1) is 0 Å². The Morgan fingerprint density at radius 1 is 0.967 bits per heavy atom. The van der Waals surface area contributed by atoms with E-state index in [1.165, 1.54) is 4.90 Å². The number of imide groups is 1. The first-order chi connectivity index (χ1) is 14.6. The van der Waals surface area contributed by atoms with Crippen molar-refractivity contribution in [1.82, 2.24) is 20.9 Å². The fraction of sp³-hybridized carbons (Fsp3) is 0.455. The normalized spacial score (nSPS) is 26.8. The van der Waals surface area contributed by atoms with Crippen LogP contribution in [0.5, 0.6) is 0 Å². The third-order valence-electron chi connectivity index (χ3n) is 6.15. The van der Waals surface area contributed by atoms with Crippen LogP contribution in [0.15, 0.2) is 47.5 Å². The summed E-state index contributed by atoms with van der Waals surface area (Å²) in [6.45, 7) is 1.70. The first-order valence-corrected chi connectivity index (χ1v) is 10.4. The highest BCUT2D eigenvalue weighted by atomic mass is 16.2. The lowest BCUT2D eigenvalue weighted by Crippen LogP contribution is -2.45. The van der Waals surface area contributed by atoms with Crippen LogP contribution >= 0.6 is 0 Å². The van der Waals surface area contributed by atoms with Crippen LogP contribution in [-0.2, 0) is 9.59 Å². The number of carbonyl (C=O) groups excluding carboxylic acids is 3. The van der Waals surface area contributed by atoms with E-state index >= 15 is 0 Å². The second kappa shape index (κ2) is 8.69. The number of rotatable bonds is 7. The van der Waals surface area contributed by atoms with E-state index in [4.69, 9.17) is 0 Å². The molecule has 3 N–H and O–H groups in total. The van der Waals surface area contributed by atoms with Gasteiger partial charge < -0.3 is 16.0 Å². The number of aliphatic imine (C=N–C) groups is 1. The molecule has 4 atom stereocenters. The lowest BCUT2D eigenvalue weighted by Gasteiger charge is -2.18. The maximum Gasteiger partial charge on any atom is 0.251 e. The molecule has 30 heavy (non-hydrogen) atoms. The minimum atomic E-state index is -0.154. The second-order valence-electron chi connectivity index (χ2n) is 7.88. The molecular formula is C22H27N5O3. The van der Waals surface area contributed by atoms with Crippen LogP contribution < -0.4 is 16.0 Å². The summed E-state index contributed by atoms with van der Waals surface area (Å²) >= 11 is 0. The van der Waals surface area contributed by atoms with Crippen molar-refractivity contribution in [3.05, 3.63) is 48.0 Å². The van der Waals surface area contributed by atoms with Crippen molar-refractivity contribution in [2.75, 3.05) is 33.2 Å². The van der Waals surface area contributed by atoms with Gasteiger partial charge in [0.25, 0.3) is 5.91 Å². The summed E-state index contributed by atoms with van der Waals surface area (Å²) in [7, 11) is 1.65. The maximum absolute atomic E-state index is 12.7. The average molecular weight is 409 g/mol. The molecule has 8 nitrogen and oxygen atoms in total. The molecule has 1 aliphatic heterocycles. The van der Waals surface area contributed by atoms with Gasteiger partial charge in [-0.05, 0) is 30.4 Å². The van der Waals surface area contributed by atoms with Crippen LogP contribution in [-0.4, -0.2) is 61.8 Å². The molecule has 2 fully saturated rings. The van der Waals surface area contributed by atoms with Gasteiger partial charge in [0.1, 0.15) is 0 Å². The average Bonchev–Trinajstić information content (AvgIpc) is 3.45. The number of amides is 3. The Morgan fingerprint density at radius 2 is 1.57 bits per heavy atom. The van der Waals surface area contributed by atoms with E-state index in [9.17, 15) is 14.4 Å². The topological polar surface area (TPSA) is 103 Å². The lowest BCUT2D eigenvalue weighted by atomic mass is 9.85. The Hall–Kier alpha value is -3.16. The van der Waals surface area contributed by atoms with E-state index in [0.29, 0.717) is 37.7 Å². The van der Waals surface area contributed by atoms with Crippen molar-refractivity contribution in [1.29, 1.82) is 0 Å². The lowest BCUT2D eigenvalue weighted by molar-refractivity contribution is -0.140. The summed E-state index contributed by atoms with van der Waals surface area (Å²) in [5, 5.41) is 9.08. The van der Waals surface area contributed by atoms with Crippen LogP contribution in [0.2, 0.25) is 0 Å². The number of carbonyl (C=O) groups is 3. The largest absolute Gasteiger partial charge is 0.355 e. The highest BCUT2D eigenvalue weighted by Crippen LogP contribution is 2.52. The summed E-state index contributed by atoms with van der Waals surface area (Å²) in [5.74, 6) is 0.525. The second-order valence-corrected chi connectivity index (χ2v) is 7.88. The standard InChI is InChI=1S/C22H27N5O3/c1-23-22(25-10-9-24-19(28)14-5-3-2-4-6-14)26-11-12-27-20(29)17-15-7-8-16(13-15)18(17)21(27)30/h2-8,15-18H,9-13H2,1H3,(H,24,28)(H2,23,25,26). The molecule has 0 radical (unpaired) electrons. The van der Waals surface area contributed by atoms with Crippen molar-refractivity contribution < 1.29 is 14.4 Å². The number of hydrogen-bond acceptors (Lipinski definition) is 4. The number of benzene rings is 1. The van der Waals surface area contributed by atoms with Crippen LogP contribution in [0.4, 0.5) is 0 Å². The van der Waals surface area contributed by atoms with Crippen LogP contribution in [0.3, 0.4) is 0 Å². The van der Waals surface area contributed by atoms with E-state index in [0.717, 1.165) is 6.42 Å². The van der Waals surface area contributed by atoms with Crippen molar-refractivity contribution in [3.63, 3.8) is 0 Å². The molecule has 2 aliphatic carbocycles. The van der Waals surface area contributed by atoms with Gasteiger partial charge in [-0.3, -0.25) is 24.3 Å². The SMILES string of the molecule is CN=C(NCCNC(=O)c1ccccc1)NCCN1C(=O)C2C3C=CC(C3)C2C1=O. The third kappa shape index (κ3) is 3.81. The van der Waals surface area contributed by atoms with Crippen molar-refractivity contribution in [2.24, 2.45) is 28.7 Å². The molecule has 1 heterocycles. The van der Waals surface area contributed by atoms with Crippen LogP contribution in [0.1, 0.15) is 16.8 Å². The fourth-order valence-electron chi connectivity index (χ4n) is 4.74. The minimum absolute atomic E-state index is 0.0322. The molecule has 1 saturated carbocycles. The molecule has 0 spiro atoms. The van der Waals surface area contributed by atoms with E-state index in [1.54, 1.807) is 19.2 Å². The minimum Gasteiger partial charge on any atom is -0.355 e. The smallest absolute Gasteiger partial charge is 0.251 e. The Bertz CT molecular complexity index is 852. The number of nitrogens with zero attached hydrogens (tertiary/aromatic N) is 2. The molecule has 2 bridgehead atoms. The van der Waals surface area contributed by atoms with E-state index in [-0.39, 0.29) is 41.4 Å². The quantitative estimate of drug-likeness (QED) is 0.199. The number of guanidine groups is 1. The van der Waals surface area contributed by atoms with E-state index in [1.807, 2.05) is 18.2 Å². The van der Waals surface area contributed by atoms with Gasteiger partial charge in [-0.1, -0.05) is 30.4 Å². The summed E-state index contributed by atoms with van der Waals surface area (Å²) in [6, 6.07) is 9.04. The zero-order valence-corrected chi connectivity index (χ0v) is 17.0. The molecule has 1 aromatic rings. The summed E-state index contributed by atoms with van der Waals surface area (Å²) < 4.78 is 0. The molecule has 3 amide bonds. The number of nitrogens with one attached hydrogen (secondary N) is 3. The highest BCUT2D eigenvalue weighted by Gasteiger charge is 2.58. The third-order valence-corrected chi connectivity index (χ3v) is 6.15. The molecular weight excluding hydrogens is 382 g/mol. The predicted molar refractivity (Wildman–Crippen MR) is 113 cm³/mol. The summed E-state index contributed by atoms with van der Waals surface area (Å²) in [6.07, 6.45) is 5.14. The number of allylic oxidation sites excluding steroid dienone is 2. The zero-order valence-electron chi connectivity index (χ0n) is 17.0. The maximum atomic E-state index is 12.7. The first-order valence-electron chi connectivity index (χ1n) is 10.4. The number of likely N-dealkylation sites (tertiary alicyclic amines) is 1. The number of fused-ring (bicyclic) bond motifs is 5. The molecule has 0 aromatic heterocycles. The summed E-state index contributed by atoms with van der Waals surface area (Å²) in [5.41, 5.74) is 0.619. The Morgan fingerprint density at radius 3 is 2.20 bits per heavy atom. The molecule has 4 rings (SSSR count). The van der Waals surface area contributed by atoms with Crippen LogP contribution in [0.25, 0.3) is 0 Å².